The molecule has 0 unspecified atom stereocenters. The monoisotopic (exact) mass is 1530 g/mol. The number of para-hydroxylation sites is 3. The zero-order chi connectivity index (χ0) is 100. The Morgan fingerprint density at radius 1 is 0.586 bits per heavy atom. The molecule has 0 fully saturated rings. The number of ether oxygens (including phenoxy) is 1. The van der Waals surface area contributed by atoms with Gasteiger partial charge in [-0.2, -0.15) is 19.1 Å². The van der Waals surface area contributed by atoms with Crippen molar-refractivity contribution in [2.45, 2.75) is 154 Å². The van der Waals surface area contributed by atoms with Gasteiger partial charge in [-0.3, -0.25) is 0 Å². The molecule has 0 saturated heterocycles. The summed E-state index contributed by atoms with van der Waals surface area (Å²) in [6.45, 7) is -24.8. The molecule has 13 aromatic rings. The van der Waals surface area contributed by atoms with E-state index in [1.165, 1.54) is 0 Å². The zero-order valence-electron chi connectivity index (χ0n) is 92.3. The second-order valence-electron chi connectivity index (χ2n) is 26.2. The maximum Gasteiger partial charge on any atom is 4.00 e. The maximum atomic E-state index is 10.4. The number of unbranched alkanes of at least 4 members (excludes halogenated alkanes) is 1. The molecule has 3 aromatic heterocycles. The number of hydrogen-bond donors (Lipinski definition) is 0. The van der Waals surface area contributed by atoms with Gasteiger partial charge in [-0.25, -0.2) is 0 Å². The van der Waals surface area contributed by atoms with Crippen LogP contribution in [0, 0.1) is 26.4 Å². The summed E-state index contributed by atoms with van der Waals surface area (Å²) in [6, 6.07) is 54.0. The fourth-order valence-electron chi connectivity index (χ4n) is 14.0. The Bertz CT molecular complexity index is 6600. The van der Waals surface area contributed by atoms with Gasteiger partial charge in [0.25, 0.3) is 0 Å². The summed E-state index contributed by atoms with van der Waals surface area (Å²) in [5, 5.41) is 5.68. The van der Waals surface area contributed by atoms with Crippen LogP contribution in [0.1, 0.15) is 205 Å². The van der Waals surface area contributed by atoms with Crippen LogP contribution in [0.2, 0.25) is 0 Å². The van der Waals surface area contributed by atoms with Crippen LogP contribution in [0.25, 0.3) is 66.6 Å². The van der Waals surface area contributed by atoms with Gasteiger partial charge in [-0.15, -0.1) is 17.7 Å². The van der Waals surface area contributed by atoms with Crippen molar-refractivity contribution < 1.29 is 87.0 Å². The SMILES string of the molecule is [2H]c1c([2H])c2c(c([2H])c1-c1cccc(-c3c([2H])c([2H])c4c(c3[2H])C(C([2H])([2H])[2H])(C([2H])([2H])[2H])C([2H])([2H])C([2H])([2H])C4(C([2H])([2H])[2H])C([2H])([2H])[2H])c1CCCC[n+]1[c-]n(-c3[c-]c(Oc4c([Si](c5ccccc5)(c5ccccc5)c5ccccc5)cc5c6ccccc6n(-c6cc(C(C)(C)C)cc[n+]6[CH2-])c5c4[CH2-])ccc3)c3ccccc31)C(C([2H])([2H])[2H])(C([2H])([2H])[2H])C([2H])([2H])C([2H])([2H])C2(C([2H])([2H])[2H])C([2H])([2H])[2H].[Pt+4]. The van der Waals surface area contributed by atoms with Gasteiger partial charge in [-0.1, -0.05) is 292 Å². The standard InChI is InChI=1S/C92H92N4OSi.Pt/c1-63-86-76(75-40-23-24-43-81(75)96(86)85-59-66(88(2,3)4)50-56-93(85)13)61-84(98(69-33-17-14-18-34-69,70-35-19-15-20-36-70)71-37-21-16-22-38-71)87(63)97-68-32-29-31-67(60-68)95-62-94(82-44-25-26-45-83(82)95)55-28-27-39-74-72(64-46-48-77-79(57-64)91(9,10)53-51-89(77,5)6)41-30-42-73(74)65-47-49-78-80(58-65)92(11,12)54-52-90(78,7)8;/h14-26,29-38,40-50,56-59,61H,1,13,27-28,39,51-55H2,2-12H3;/q-2;+4/i5D3,6D3,7D3,8D3,9D3,10D3,11D3,12D3,46D,47D,48D,49D,51D2,52D2,53D2,54D2,57D,58D;. The maximum absolute atomic E-state index is 10.4. The number of aromatic nitrogens is 4. The predicted molar refractivity (Wildman–Crippen MR) is 411 cm³/mol. The van der Waals surface area contributed by atoms with Crippen LogP contribution in [-0.2, 0) is 61.1 Å². The van der Waals surface area contributed by atoms with E-state index < -0.39 is 203 Å². The van der Waals surface area contributed by atoms with E-state index in [0.717, 1.165) is 72.1 Å². The van der Waals surface area contributed by atoms with Crippen LogP contribution in [0.4, 0.5) is 0 Å². The molecule has 10 aromatic carbocycles. The van der Waals surface area contributed by atoms with Crippen molar-refractivity contribution in [1.82, 2.24) is 9.13 Å². The molecule has 0 saturated carbocycles. The Balaban J connectivity index is 0.0000150. The number of benzene rings is 10. The van der Waals surface area contributed by atoms with Crippen molar-refractivity contribution >= 4 is 61.7 Å². The van der Waals surface area contributed by atoms with Crippen molar-refractivity contribution in [1.29, 1.82) is 0 Å². The first-order valence-electron chi connectivity index (χ1n) is 51.2. The minimum Gasteiger partial charge on any atom is -0.541 e. The fourth-order valence-corrected chi connectivity index (χ4v) is 18.9. The van der Waals surface area contributed by atoms with Crippen LogP contribution in [0.5, 0.6) is 11.5 Å². The molecule has 99 heavy (non-hydrogen) atoms. The second kappa shape index (κ2) is 25.7. The molecule has 2 aliphatic rings. The smallest absolute Gasteiger partial charge is 0.541 e. The molecule has 3 heterocycles. The molecule has 0 N–H and O–H groups in total. The van der Waals surface area contributed by atoms with E-state index in [1.807, 2.05) is 83.6 Å². The first-order chi connectivity index (χ1) is 62.6. The molecule has 0 radical (unpaired) electrons. The summed E-state index contributed by atoms with van der Waals surface area (Å²) in [7, 11) is 0.896. The van der Waals surface area contributed by atoms with Crippen molar-refractivity contribution in [3.05, 3.63) is 302 Å². The largest absolute Gasteiger partial charge is 4.00 e. The normalized spacial score (nSPS) is 24.0. The Kier molecular flexibility index (Phi) is 9.31. The van der Waals surface area contributed by atoms with Gasteiger partial charge in [0.2, 0.25) is 6.33 Å². The average molecular weight is 1530 g/mol. The Morgan fingerprint density at radius 3 is 1.68 bits per heavy atom. The summed E-state index contributed by atoms with van der Waals surface area (Å²) < 4.78 is 368. The molecule has 2 aliphatic carbocycles. The molecule has 498 valence electrons. The van der Waals surface area contributed by atoms with E-state index in [2.05, 4.69) is 105 Å². The van der Waals surface area contributed by atoms with Gasteiger partial charge < -0.3 is 23.0 Å². The summed E-state index contributed by atoms with van der Waals surface area (Å²) in [5.74, 6) is 1.37. The van der Waals surface area contributed by atoms with Crippen LogP contribution >= 0.6 is 0 Å². The topological polar surface area (TPSA) is 26.8 Å². The quantitative estimate of drug-likeness (QED) is 0.0330. The van der Waals surface area contributed by atoms with Gasteiger partial charge in [0, 0.05) is 60.5 Å². The van der Waals surface area contributed by atoms with Crippen LogP contribution in [0.15, 0.2) is 237 Å². The Hall–Kier alpha value is -8.93. The molecular weight excluding hydrogens is 1400 g/mol. The first kappa shape index (κ1) is 35.9. The predicted octanol–water partition coefficient (Wildman–Crippen LogP) is 19.2. The molecule has 5 nitrogen and oxygen atoms in total. The number of aryl methyl sites for hydroxylation is 1. The van der Waals surface area contributed by atoms with E-state index in [9.17, 15) is 19.2 Å². The van der Waals surface area contributed by atoms with Crippen LogP contribution in [-0.4, -0.2) is 17.2 Å². The van der Waals surface area contributed by atoms with Gasteiger partial charge in [0.05, 0.1) is 25.8 Å². The number of pyridine rings is 1. The third-order valence-electron chi connectivity index (χ3n) is 18.8. The minimum absolute atomic E-state index is 0. The number of fused-ring (bicyclic) bond motifs is 6. The number of nitrogens with zero attached hydrogens (tertiary/aromatic N) is 4. The van der Waals surface area contributed by atoms with Gasteiger partial charge >= 0.3 is 21.1 Å². The summed E-state index contributed by atoms with van der Waals surface area (Å²) in [5.41, 5.74) is -26.2. The number of imidazole rings is 1. The average Bonchev–Trinajstić information content (AvgIpc) is 0.896. The molecule has 0 bridgehead atoms. The molecule has 7 heteroatoms. The van der Waals surface area contributed by atoms with Crippen molar-refractivity contribution in [3.8, 4) is 45.3 Å². The molecular formula is C92H92N4OPtSi+2. The van der Waals surface area contributed by atoms with E-state index in [-0.39, 0.29) is 51.6 Å². The van der Waals surface area contributed by atoms with Gasteiger partial charge in [0.1, 0.15) is 5.52 Å². The Morgan fingerprint density at radius 2 is 1.11 bits per heavy atom. The van der Waals surface area contributed by atoms with E-state index in [1.54, 1.807) is 51.6 Å². The van der Waals surface area contributed by atoms with Crippen molar-refractivity contribution in [2.75, 3.05) is 0 Å². The molecule has 0 aliphatic heterocycles. The van der Waals surface area contributed by atoms with Crippen molar-refractivity contribution in [2.24, 2.45) is 0 Å². The fraction of sp³-hybridized carbons (Fsp3) is 0.261. The van der Waals surface area contributed by atoms with Gasteiger partial charge in [-0.05, 0) is 174 Å². The number of hydrogen-bond acceptors (Lipinski definition) is 1. The summed E-state index contributed by atoms with van der Waals surface area (Å²) in [4.78, 5) is 0. The second-order valence-corrected chi connectivity index (χ2v) is 30.0. The van der Waals surface area contributed by atoms with Crippen molar-refractivity contribution in [3.63, 3.8) is 0 Å². The van der Waals surface area contributed by atoms with E-state index >= 15 is 0 Å². The first-order valence-corrected chi connectivity index (χ1v) is 34.2. The summed E-state index contributed by atoms with van der Waals surface area (Å²) >= 11 is 0. The summed E-state index contributed by atoms with van der Waals surface area (Å²) in [6.07, 6.45) is -14.9. The molecule has 0 atom stereocenters. The number of rotatable bonds is 15. The van der Waals surface area contributed by atoms with E-state index in [4.69, 9.17) is 44.6 Å². The molecule has 15 rings (SSSR count). The third kappa shape index (κ3) is 11.8. The third-order valence-corrected chi connectivity index (χ3v) is 23.5. The Labute approximate surface area is 656 Å². The van der Waals surface area contributed by atoms with Crippen LogP contribution < -0.4 is 34.6 Å². The minimum atomic E-state index is -4.82. The molecule has 0 amide bonds. The zero-order valence-corrected chi connectivity index (χ0v) is 57.6. The van der Waals surface area contributed by atoms with E-state index in [0.29, 0.717) is 28.0 Å². The van der Waals surface area contributed by atoms with Crippen LogP contribution in [0.3, 0.4) is 0 Å². The van der Waals surface area contributed by atoms with Gasteiger partial charge in [0.15, 0.2) is 13.9 Å². The molecule has 0 spiro atoms.